The third-order valence-corrected chi connectivity index (χ3v) is 2.29. The van der Waals surface area contributed by atoms with Gasteiger partial charge in [-0.1, -0.05) is 25.6 Å². The van der Waals surface area contributed by atoms with Crippen molar-refractivity contribution < 1.29 is 9.53 Å². The van der Waals surface area contributed by atoms with Gasteiger partial charge in [0.25, 0.3) is 0 Å². The zero-order valence-corrected chi connectivity index (χ0v) is 10.2. The molecule has 0 aromatic carbocycles. The molecule has 0 spiro atoms. The van der Waals surface area contributed by atoms with E-state index in [0.717, 1.165) is 19.3 Å². The molecule has 15 heavy (non-hydrogen) atoms. The minimum Gasteiger partial charge on any atom is -0.392 e. The predicted molar refractivity (Wildman–Crippen MR) is 64.7 cm³/mol. The van der Waals surface area contributed by atoms with Crippen LogP contribution in [0.1, 0.15) is 32.6 Å². The molecule has 3 N–H and O–H groups in total. The van der Waals surface area contributed by atoms with Gasteiger partial charge >= 0.3 is 0 Å². The van der Waals surface area contributed by atoms with E-state index in [9.17, 15) is 4.79 Å². The second-order valence-electron chi connectivity index (χ2n) is 3.41. The molecule has 1 unspecified atom stereocenters. The molecule has 1 atom stereocenters. The van der Waals surface area contributed by atoms with Crippen molar-refractivity contribution in [1.29, 1.82) is 0 Å². The molecule has 88 valence electrons. The maximum absolute atomic E-state index is 11.4. The molecule has 0 radical (unpaired) electrons. The molecule has 0 aromatic heterocycles. The second-order valence-corrected chi connectivity index (χ2v) is 3.88. The highest BCUT2D eigenvalue weighted by Crippen LogP contribution is 1.99. The van der Waals surface area contributed by atoms with Crippen molar-refractivity contribution in [3.63, 3.8) is 0 Å². The number of carbonyl (C=O) groups is 1. The molecule has 0 fully saturated rings. The van der Waals surface area contributed by atoms with Crippen LogP contribution in [0.4, 0.5) is 0 Å². The highest BCUT2D eigenvalue weighted by atomic mass is 32.1. The van der Waals surface area contributed by atoms with Crippen molar-refractivity contribution >= 4 is 23.1 Å². The van der Waals surface area contributed by atoms with E-state index in [1.54, 1.807) is 7.11 Å². The molecule has 1 amide bonds. The lowest BCUT2D eigenvalue weighted by Gasteiger charge is -2.16. The van der Waals surface area contributed by atoms with Gasteiger partial charge in [-0.15, -0.1) is 0 Å². The fourth-order valence-electron chi connectivity index (χ4n) is 1.22. The number of amides is 1. The Hall–Kier alpha value is -0.680. The number of thiocarbonyl (C=S) groups is 1. The molecule has 0 aliphatic rings. The van der Waals surface area contributed by atoms with Crippen LogP contribution < -0.4 is 11.1 Å². The fraction of sp³-hybridized carbons (Fsp3) is 0.800. The van der Waals surface area contributed by atoms with Crippen LogP contribution in [-0.4, -0.2) is 30.7 Å². The number of rotatable bonds is 8. The summed E-state index contributed by atoms with van der Waals surface area (Å²) in [4.78, 5) is 11.8. The Balaban J connectivity index is 3.84. The molecule has 5 heteroatoms. The lowest BCUT2D eigenvalue weighted by Crippen LogP contribution is -2.43. The average Bonchev–Trinajstić information content (AvgIpc) is 2.17. The van der Waals surface area contributed by atoms with Gasteiger partial charge in [0.05, 0.1) is 11.0 Å². The summed E-state index contributed by atoms with van der Waals surface area (Å²) in [5, 5.41) is 2.82. The van der Waals surface area contributed by atoms with Crippen LogP contribution in [0.25, 0.3) is 0 Å². The molecular weight excluding hydrogens is 212 g/mol. The van der Waals surface area contributed by atoms with Crippen molar-refractivity contribution in [3.05, 3.63) is 0 Å². The van der Waals surface area contributed by atoms with Crippen molar-refractivity contribution in [2.75, 3.05) is 13.7 Å². The number of carbonyl (C=O) groups excluding carboxylic acids is 1. The van der Waals surface area contributed by atoms with Crippen molar-refractivity contribution in [3.8, 4) is 0 Å². The molecule has 0 saturated carbocycles. The molecular formula is C10H20N2O2S. The van der Waals surface area contributed by atoms with Crippen LogP contribution in [0.2, 0.25) is 0 Å². The Morgan fingerprint density at radius 2 is 2.27 bits per heavy atom. The van der Waals surface area contributed by atoms with E-state index in [4.69, 9.17) is 22.7 Å². The monoisotopic (exact) mass is 232 g/mol. The summed E-state index contributed by atoms with van der Waals surface area (Å²) in [6.07, 6.45) is 2.92. The van der Waals surface area contributed by atoms with Gasteiger partial charge in [0.1, 0.15) is 0 Å². The smallest absolute Gasteiger partial charge is 0.220 e. The molecule has 0 aromatic rings. The largest absolute Gasteiger partial charge is 0.392 e. The maximum Gasteiger partial charge on any atom is 0.220 e. The normalized spacial score (nSPS) is 12.1. The molecule has 0 bridgehead atoms. The van der Waals surface area contributed by atoms with E-state index in [0.29, 0.717) is 18.0 Å². The Labute approximate surface area is 96.5 Å². The predicted octanol–water partition coefficient (Wildman–Crippen LogP) is 0.984. The molecule has 0 rings (SSSR count). The topological polar surface area (TPSA) is 64.3 Å². The SMILES string of the molecule is CCCC(NC(=O)CCCOC)C(N)=S. The van der Waals surface area contributed by atoms with Crippen LogP contribution in [0.3, 0.4) is 0 Å². The Bertz CT molecular complexity index is 210. The molecule has 0 aliphatic carbocycles. The highest BCUT2D eigenvalue weighted by Gasteiger charge is 2.13. The first-order valence-electron chi connectivity index (χ1n) is 5.19. The number of hydrogen-bond acceptors (Lipinski definition) is 3. The third-order valence-electron chi connectivity index (χ3n) is 2.01. The van der Waals surface area contributed by atoms with E-state index in [1.165, 1.54) is 0 Å². The highest BCUT2D eigenvalue weighted by molar-refractivity contribution is 7.80. The Morgan fingerprint density at radius 1 is 1.60 bits per heavy atom. The van der Waals surface area contributed by atoms with Gasteiger partial charge in [0.2, 0.25) is 5.91 Å². The number of nitrogens with two attached hydrogens (primary N) is 1. The number of nitrogens with one attached hydrogen (secondary N) is 1. The lowest BCUT2D eigenvalue weighted by atomic mass is 10.1. The van der Waals surface area contributed by atoms with Crippen molar-refractivity contribution in [2.24, 2.45) is 5.73 Å². The van der Waals surface area contributed by atoms with E-state index in [2.05, 4.69) is 5.32 Å². The zero-order chi connectivity index (χ0) is 11.7. The summed E-state index contributed by atoms with van der Waals surface area (Å²) in [7, 11) is 1.62. The zero-order valence-electron chi connectivity index (χ0n) is 9.41. The second kappa shape index (κ2) is 8.61. The van der Waals surface area contributed by atoms with Gasteiger partial charge in [0, 0.05) is 20.1 Å². The Morgan fingerprint density at radius 3 is 2.73 bits per heavy atom. The van der Waals surface area contributed by atoms with Gasteiger partial charge in [-0.3, -0.25) is 4.79 Å². The van der Waals surface area contributed by atoms with Crippen LogP contribution in [0.15, 0.2) is 0 Å². The van der Waals surface area contributed by atoms with Gasteiger partial charge in [-0.25, -0.2) is 0 Å². The number of hydrogen-bond donors (Lipinski definition) is 2. The molecule has 0 saturated heterocycles. The van der Waals surface area contributed by atoms with Crippen LogP contribution >= 0.6 is 12.2 Å². The number of ether oxygens (including phenoxy) is 1. The fourth-order valence-corrected chi connectivity index (χ4v) is 1.39. The van der Waals surface area contributed by atoms with Crippen molar-refractivity contribution in [1.82, 2.24) is 5.32 Å². The molecule has 0 heterocycles. The summed E-state index contributed by atoms with van der Waals surface area (Å²) in [5.74, 6) is -0.0155. The number of methoxy groups -OCH3 is 1. The summed E-state index contributed by atoms with van der Waals surface area (Å²) in [6.45, 7) is 2.63. The first-order chi connectivity index (χ1) is 7.11. The first-order valence-corrected chi connectivity index (χ1v) is 5.60. The van der Waals surface area contributed by atoms with E-state index in [-0.39, 0.29) is 11.9 Å². The van der Waals surface area contributed by atoms with Crippen LogP contribution in [-0.2, 0) is 9.53 Å². The van der Waals surface area contributed by atoms with E-state index >= 15 is 0 Å². The summed E-state index contributed by atoms with van der Waals surface area (Å²) >= 11 is 4.87. The third kappa shape index (κ3) is 7.27. The maximum atomic E-state index is 11.4. The van der Waals surface area contributed by atoms with Crippen LogP contribution in [0, 0.1) is 0 Å². The van der Waals surface area contributed by atoms with E-state index in [1.807, 2.05) is 6.92 Å². The van der Waals surface area contributed by atoms with Gasteiger partial charge in [0.15, 0.2) is 0 Å². The Kier molecular flexibility index (Phi) is 8.22. The molecule has 4 nitrogen and oxygen atoms in total. The lowest BCUT2D eigenvalue weighted by molar-refractivity contribution is -0.121. The standard InChI is InChI=1S/C10H20N2O2S/c1-3-5-8(10(11)15)12-9(13)6-4-7-14-2/h8H,3-7H2,1-2H3,(H2,11,15)(H,12,13). The molecule has 0 aliphatic heterocycles. The summed E-state index contributed by atoms with van der Waals surface area (Å²) in [5.41, 5.74) is 5.52. The first kappa shape index (κ1) is 14.3. The summed E-state index contributed by atoms with van der Waals surface area (Å²) in [6, 6.07) is -0.167. The minimum atomic E-state index is -0.167. The van der Waals surface area contributed by atoms with Crippen LogP contribution in [0.5, 0.6) is 0 Å². The van der Waals surface area contributed by atoms with Gasteiger partial charge in [-0.2, -0.15) is 0 Å². The van der Waals surface area contributed by atoms with Gasteiger partial charge in [-0.05, 0) is 12.8 Å². The van der Waals surface area contributed by atoms with E-state index < -0.39 is 0 Å². The minimum absolute atomic E-state index is 0.0155. The average molecular weight is 232 g/mol. The van der Waals surface area contributed by atoms with Gasteiger partial charge < -0.3 is 15.8 Å². The quantitative estimate of drug-likeness (QED) is 0.484. The summed E-state index contributed by atoms with van der Waals surface area (Å²) < 4.78 is 4.86. The van der Waals surface area contributed by atoms with Crippen molar-refractivity contribution in [2.45, 2.75) is 38.6 Å².